The van der Waals surface area contributed by atoms with Gasteiger partial charge in [-0.1, -0.05) is 13.3 Å². The molecule has 1 amide bonds. The van der Waals surface area contributed by atoms with Crippen molar-refractivity contribution < 1.29 is 19.0 Å². The zero-order valence-electron chi connectivity index (χ0n) is 22.0. The van der Waals surface area contributed by atoms with Crippen LogP contribution in [0, 0.1) is 0 Å². The van der Waals surface area contributed by atoms with Crippen molar-refractivity contribution in [3.8, 4) is 11.5 Å². The number of amides is 1. The Balaban J connectivity index is 1.95. The van der Waals surface area contributed by atoms with Crippen LogP contribution in [-0.2, 0) is 17.8 Å². The molecule has 13 nitrogen and oxygen atoms in total. The quantitative estimate of drug-likeness (QED) is 0.156. The highest BCUT2D eigenvalue weighted by atomic mass is 16.6. The number of fused-ring (bicyclic) bond motifs is 1. The van der Waals surface area contributed by atoms with Crippen molar-refractivity contribution >= 4 is 28.9 Å². The fourth-order valence-corrected chi connectivity index (χ4v) is 3.66. The zero-order valence-corrected chi connectivity index (χ0v) is 22.0. The number of nitrogens with zero attached hydrogens (tertiary/aromatic N) is 7. The van der Waals surface area contributed by atoms with Crippen molar-refractivity contribution in [3.05, 3.63) is 39.9 Å². The first-order valence-corrected chi connectivity index (χ1v) is 11.9. The summed E-state index contributed by atoms with van der Waals surface area (Å²) in [4.78, 5) is 23.6. The van der Waals surface area contributed by atoms with Crippen LogP contribution in [0.1, 0.15) is 51.7 Å². The van der Waals surface area contributed by atoms with Crippen LogP contribution in [0.25, 0.3) is 21.5 Å². The molecule has 0 atom stereocenters. The van der Waals surface area contributed by atoms with Gasteiger partial charge in [-0.3, -0.25) is 4.68 Å². The molecule has 1 aromatic carbocycles. The van der Waals surface area contributed by atoms with E-state index in [1.807, 2.05) is 12.1 Å². The number of methoxy groups -OCH3 is 2. The Hall–Kier alpha value is -4.25. The van der Waals surface area contributed by atoms with Gasteiger partial charge < -0.3 is 24.8 Å². The molecule has 37 heavy (non-hydrogen) atoms. The number of nitrogens with one attached hydrogen (secondary N) is 2. The molecule has 0 aliphatic heterocycles. The highest BCUT2D eigenvalue weighted by Crippen LogP contribution is 2.34. The number of carbonyl (C=O) groups is 1. The van der Waals surface area contributed by atoms with Crippen molar-refractivity contribution in [2.24, 2.45) is 5.11 Å². The lowest BCUT2D eigenvalue weighted by Crippen LogP contribution is -2.32. The Bertz CT molecular complexity index is 1290. The van der Waals surface area contributed by atoms with Gasteiger partial charge in [0.05, 0.1) is 32.5 Å². The van der Waals surface area contributed by atoms with E-state index in [0.29, 0.717) is 34.9 Å². The minimum Gasteiger partial charge on any atom is -0.496 e. The third kappa shape index (κ3) is 7.14. The number of benzene rings is 1. The summed E-state index contributed by atoms with van der Waals surface area (Å²) in [5.74, 6) is 1.66. The summed E-state index contributed by atoms with van der Waals surface area (Å²) >= 11 is 0. The molecule has 0 radical (unpaired) electrons. The second-order valence-corrected chi connectivity index (χ2v) is 9.20. The number of alkyl carbamates (subject to hydrolysis) is 1. The second-order valence-electron chi connectivity index (χ2n) is 9.20. The Morgan fingerprint density at radius 1 is 1.22 bits per heavy atom. The molecule has 0 aliphatic carbocycles. The molecule has 0 bridgehead atoms. The van der Waals surface area contributed by atoms with E-state index < -0.39 is 11.7 Å². The van der Waals surface area contributed by atoms with Crippen molar-refractivity contribution in [2.75, 3.05) is 26.1 Å². The molecule has 0 fully saturated rings. The highest BCUT2D eigenvalue weighted by molar-refractivity contribution is 5.85. The predicted octanol–water partition coefficient (Wildman–Crippen LogP) is 5.07. The number of azide groups is 1. The van der Waals surface area contributed by atoms with Crippen LogP contribution in [0.5, 0.6) is 11.5 Å². The van der Waals surface area contributed by atoms with Crippen LogP contribution in [0.15, 0.2) is 23.4 Å². The number of anilines is 1. The zero-order chi connectivity index (χ0) is 27.0. The molecule has 13 heteroatoms. The van der Waals surface area contributed by atoms with Crippen LogP contribution >= 0.6 is 0 Å². The normalized spacial score (nSPS) is 11.1. The van der Waals surface area contributed by atoms with E-state index in [0.717, 1.165) is 24.0 Å². The summed E-state index contributed by atoms with van der Waals surface area (Å²) in [6.07, 6.45) is 3.17. The summed E-state index contributed by atoms with van der Waals surface area (Å²) in [6, 6.07) is 3.63. The van der Waals surface area contributed by atoms with E-state index in [1.54, 1.807) is 45.9 Å². The monoisotopic (exact) mass is 511 g/mol. The molecule has 0 unspecified atom stereocenters. The van der Waals surface area contributed by atoms with Gasteiger partial charge in [0.1, 0.15) is 22.6 Å². The molecular formula is C24H33N9O4. The summed E-state index contributed by atoms with van der Waals surface area (Å²) in [5, 5.41) is 14.2. The van der Waals surface area contributed by atoms with Crippen LogP contribution in [-0.4, -0.2) is 52.2 Å². The van der Waals surface area contributed by atoms with E-state index in [4.69, 9.17) is 19.7 Å². The average Bonchev–Trinajstić information content (AvgIpc) is 3.24. The smallest absolute Gasteiger partial charge is 0.407 e. The number of carbonyl (C=O) groups excluding carboxylic acids is 1. The molecule has 2 N–H and O–H groups in total. The Morgan fingerprint density at radius 3 is 2.65 bits per heavy atom. The van der Waals surface area contributed by atoms with Crippen molar-refractivity contribution in [2.45, 2.75) is 59.2 Å². The van der Waals surface area contributed by atoms with E-state index in [1.165, 1.54) is 0 Å². The van der Waals surface area contributed by atoms with Crippen molar-refractivity contribution in [3.63, 3.8) is 0 Å². The lowest BCUT2D eigenvalue weighted by molar-refractivity contribution is 0.0523. The Kier molecular flexibility index (Phi) is 8.96. The molecule has 0 aliphatic rings. The molecule has 0 spiro atoms. The summed E-state index contributed by atoms with van der Waals surface area (Å²) < 4.78 is 18.3. The molecular weight excluding hydrogens is 478 g/mol. The van der Waals surface area contributed by atoms with Crippen LogP contribution in [0.3, 0.4) is 0 Å². The van der Waals surface area contributed by atoms with Gasteiger partial charge in [-0.05, 0) is 50.0 Å². The Labute approximate surface area is 215 Å². The number of ether oxygens (including phenoxy) is 3. The van der Waals surface area contributed by atoms with Gasteiger partial charge in [-0.2, -0.15) is 5.10 Å². The highest BCUT2D eigenvalue weighted by Gasteiger charge is 2.20. The SMILES string of the molecule is CCCCNc1nc(N=[N+]=[N-])nc2cn(Cc3c(OC)ccc(CNC(=O)OC(C)(C)C)c3OC)nc12. The lowest BCUT2D eigenvalue weighted by atomic mass is 10.1. The maximum absolute atomic E-state index is 12.2. The van der Waals surface area contributed by atoms with Gasteiger partial charge in [-0.15, -0.1) is 0 Å². The molecule has 2 heterocycles. The maximum atomic E-state index is 12.2. The van der Waals surface area contributed by atoms with E-state index in [2.05, 4.69) is 42.6 Å². The number of rotatable bonds is 11. The van der Waals surface area contributed by atoms with Gasteiger partial charge in [0, 0.05) is 23.6 Å². The number of hydrogen-bond acceptors (Lipinski definition) is 9. The van der Waals surface area contributed by atoms with Gasteiger partial charge in [0.15, 0.2) is 11.3 Å². The predicted molar refractivity (Wildman–Crippen MR) is 139 cm³/mol. The van der Waals surface area contributed by atoms with Crippen molar-refractivity contribution in [1.82, 2.24) is 25.1 Å². The first-order chi connectivity index (χ1) is 17.7. The van der Waals surface area contributed by atoms with E-state index in [-0.39, 0.29) is 19.0 Å². The third-order valence-corrected chi connectivity index (χ3v) is 5.22. The molecule has 198 valence electrons. The van der Waals surface area contributed by atoms with Crippen LogP contribution in [0.4, 0.5) is 16.6 Å². The van der Waals surface area contributed by atoms with Gasteiger partial charge >= 0.3 is 6.09 Å². The third-order valence-electron chi connectivity index (χ3n) is 5.22. The number of unbranched alkanes of at least 4 members (excludes halogenated alkanes) is 1. The molecule has 0 saturated carbocycles. The topological polar surface area (TPSA) is 161 Å². The van der Waals surface area contributed by atoms with Crippen molar-refractivity contribution in [1.29, 1.82) is 0 Å². The van der Waals surface area contributed by atoms with E-state index in [9.17, 15) is 4.79 Å². The van der Waals surface area contributed by atoms with Gasteiger partial charge in [0.25, 0.3) is 0 Å². The van der Waals surface area contributed by atoms with Gasteiger partial charge in [-0.25, -0.2) is 14.8 Å². The molecule has 3 rings (SSSR count). The molecule has 2 aromatic heterocycles. The first-order valence-electron chi connectivity index (χ1n) is 11.9. The first kappa shape index (κ1) is 27.3. The number of aromatic nitrogens is 4. The van der Waals surface area contributed by atoms with Crippen LogP contribution in [0.2, 0.25) is 0 Å². The maximum Gasteiger partial charge on any atom is 0.407 e. The minimum atomic E-state index is -0.604. The fourth-order valence-electron chi connectivity index (χ4n) is 3.66. The lowest BCUT2D eigenvalue weighted by Gasteiger charge is -2.21. The standard InChI is InChI=1S/C24H33N9O4/c1-7-8-11-26-21-19-17(28-22(29-21)30-32-25)14-33(31-19)13-16-18(35-5)10-9-15(20(16)36-6)12-27-23(34)37-24(2,3)4/h9-10,14H,7-8,11-13H2,1-6H3,(H,27,34)(H,26,28,29). The summed E-state index contributed by atoms with van der Waals surface area (Å²) in [7, 11) is 3.13. The number of hydrogen-bond donors (Lipinski definition) is 2. The summed E-state index contributed by atoms with van der Waals surface area (Å²) in [5.41, 5.74) is 10.8. The van der Waals surface area contributed by atoms with Crippen LogP contribution < -0.4 is 20.1 Å². The van der Waals surface area contributed by atoms with Gasteiger partial charge in [0.2, 0.25) is 5.95 Å². The average molecular weight is 512 g/mol. The Morgan fingerprint density at radius 2 is 2.00 bits per heavy atom. The fraction of sp³-hybridized carbons (Fsp3) is 0.500. The second kappa shape index (κ2) is 12.1. The minimum absolute atomic E-state index is 0.0129. The molecule has 0 saturated heterocycles. The van der Waals surface area contributed by atoms with E-state index >= 15 is 0 Å². The largest absolute Gasteiger partial charge is 0.496 e. The molecule has 3 aromatic rings. The summed E-state index contributed by atoms with van der Waals surface area (Å²) in [6.45, 7) is 8.68.